The van der Waals surface area contributed by atoms with Crippen LogP contribution in [-0.2, 0) is 6.54 Å². The predicted molar refractivity (Wildman–Crippen MR) is 95.0 cm³/mol. The summed E-state index contributed by atoms with van der Waals surface area (Å²) in [6, 6.07) is 5.35. The van der Waals surface area contributed by atoms with Gasteiger partial charge >= 0.3 is 6.18 Å². The van der Waals surface area contributed by atoms with Crippen molar-refractivity contribution in [3.8, 4) is 0 Å². The largest absolute Gasteiger partial charge is 0.409 e. The van der Waals surface area contributed by atoms with Gasteiger partial charge in [0.1, 0.15) is 11.6 Å². The van der Waals surface area contributed by atoms with E-state index in [0.717, 1.165) is 6.07 Å². The number of anilines is 1. The lowest BCUT2D eigenvalue weighted by molar-refractivity contribution is -0.125. The Morgan fingerprint density at radius 1 is 1.29 bits per heavy atom. The van der Waals surface area contributed by atoms with Crippen LogP contribution in [0, 0.1) is 5.82 Å². The molecule has 4 N–H and O–H groups in total. The van der Waals surface area contributed by atoms with Gasteiger partial charge in [0.2, 0.25) is 0 Å². The number of hydrogen-bond donors (Lipinski definition) is 4. The van der Waals surface area contributed by atoms with Crippen molar-refractivity contribution in [3.05, 3.63) is 52.7 Å². The number of halogens is 5. The summed E-state index contributed by atoms with van der Waals surface area (Å²) in [7, 11) is 0. The summed E-state index contributed by atoms with van der Waals surface area (Å²) in [6.45, 7) is -1.33. The molecule has 0 saturated heterocycles. The third-order valence-electron chi connectivity index (χ3n) is 3.60. The maximum Gasteiger partial charge on any atom is 0.401 e. The van der Waals surface area contributed by atoms with Crippen LogP contribution in [0.3, 0.4) is 0 Å². The molecule has 12 heteroatoms. The number of nitrogens with zero attached hydrogens (tertiary/aromatic N) is 3. The second kappa shape index (κ2) is 7.98. The maximum absolute atomic E-state index is 13.3. The van der Waals surface area contributed by atoms with Gasteiger partial charge in [0.15, 0.2) is 11.5 Å². The van der Waals surface area contributed by atoms with E-state index in [9.17, 15) is 22.8 Å². The number of rotatable bonds is 5. The van der Waals surface area contributed by atoms with Crippen LogP contribution in [-0.4, -0.2) is 38.7 Å². The minimum absolute atomic E-state index is 0.0199. The zero-order valence-electron chi connectivity index (χ0n) is 14.0. The summed E-state index contributed by atoms with van der Waals surface area (Å²) in [6.07, 6.45) is -2.94. The number of pyridine rings is 1. The van der Waals surface area contributed by atoms with Gasteiger partial charge in [-0.05, 0) is 24.3 Å². The first kappa shape index (κ1) is 19.8. The van der Waals surface area contributed by atoms with Gasteiger partial charge in [-0.1, -0.05) is 16.8 Å². The summed E-state index contributed by atoms with van der Waals surface area (Å²) in [5, 5.41) is 17.5. The van der Waals surface area contributed by atoms with Gasteiger partial charge in [-0.3, -0.25) is 0 Å². The van der Waals surface area contributed by atoms with Gasteiger partial charge in [0, 0.05) is 17.4 Å². The highest BCUT2D eigenvalue weighted by Gasteiger charge is 2.26. The molecule has 0 saturated carbocycles. The molecule has 2 heterocycles. The predicted octanol–water partition coefficient (Wildman–Crippen LogP) is 3.65. The fourth-order valence-corrected chi connectivity index (χ4v) is 2.60. The first-order valence-electron chi connectivity index (χ1n) is 7.82. The first-order valence-corrected chi connectivity index (χ1v) is 8.20. The molecule has 0 amide bonds. The van der Waals surface area contributed by atoms with Crippen LogP contribution in [0.2, 0.25) is 5.02 Å². The van der Waals surface area contributed by atoms with E-state index in [0.29, 0.717) is 16.8 Å². The average molecular weight is 417 g/mol. The summed E-state index contributed by atoms with van der Waals surface area (Å²) in [5.41, 5.74) is 1.28. The van der Waals surface area contributed by atoms with Crippen molar-refractivity contribution in [2.45, 2.75) is 12.7 Å². The molecule has 0 radical (unpaired) electrons. The number of benzene rings is 1. The van der Waals surface area contributed by atoms with Crippen LogP contribution >= 0.6 is 11.6 Å². The normalized spacial score (nSPS) is 12.5. The van der Waals surface area contributed by atoms with Crippen LogP contribution in [0.5, 0.6) is 0 Å². The van der Waals surface area contributed by atoms with Gasteiger partial charge in [-0.15, -0.1) is 0 Å². The smallest absolute Gasteiger partial charge is 0.401 e. The number of aromatic amines is 1. The SMILES string of the molecule is O/N=C(\Nc1ccc(F)c(Cl)c1)c1ccnc2nc(CNCC(F)(F)F)[nH]c12. The molecular weight excluding hydrogens is 404 g/mol. The van der Waals surface area contributed by atoms with E-state index in [1.165, 1.54) is 24.4 Å². The molecule has 28 heavy (non-hydrogen) atoms. The van der Waals surface area contributed by atoms with Gasteiger partial charge < -0.3 is 20.8 Å². The zero-order valence-corrected chi connectivity index (χ0v) is 14.7. The number of alkyl halides is 3. The van der Waals surface area contributed by atoms with E-state index in [4.69, 9.17) is 11.6 Å². The molecule has 0 fully saturated rings. The summed E-state index contributed by atoms with van der Waals surface area (Å²) in [5.74, 6) is -0.402. The number of amidine groups is 1. The first-order chi connectivity index (χ1) is 13.3. The van der Waals surface area contributed by atoms with Crippen molar-refractivity contribution in [2.24, 2.45) is 5.16 Å². The molecule has 3 aromatic rings. The topological polar surface area (TPSA) is 98.2 Å². The molecule has 0 aliphatic carbocycles. The highest BCUT2D eigenvalue weighted by molar-refractivity contribution is 6.31. The fourth-order valence-electron chi connectivity index (χ4n) is 2.42. The standard InChI is InChI=1S/C16H13ClF4N6O/c17-10-5-8(1-2-11(10)18)24-14(27-28)9-3-4-23-15-13(9)25-12(26-15)6-22-7-16(19,20)21/h1-5,22,28H,6-7H2,(H,24,27)(H,23,25,26). The van der Waals surface area contributed by atoms with E-state index in [2.05, 4.69) is 30.7 Å². The summed E-state index contributed by atoms with van der Waals surface area (Å²) >= 11 is 5.73. The van der Waals surface area contributed by atoms with Gasteiger partial charge in [0.05, 0.1) is 23.6 Å². The van der Waals surface area contributed by atoms with Gasteiger partial charge in [0.25, 0.3) is 0 Å². The van der Waals surface area contributed by atoms with Crippen LogP contribution in [0.1, 0.15) is 11.4 Å². The number of oxime groups is 1. The molecule has 7 nitrogen and oxygen atoms in total. The van der Waals surface area contributed by atoms with Crippen molar-refractivity contribution in [3.63, 3.8) is 0 Å². The Morgan fingerprint density at radius 2 is 2.07 bits per heavy atom. The van der Waals surface area contributed by atoms with Crippen LogP contribution in [0.4, 0.5) is 23.2 Å². The fraction of sp³-hybridized carbons (Fsp3) is 0.188. The average Bonchev–Trinajstić information content (AvgIpc) is 3.04. The second-order valence-corrected chi connectivity index (χ2v) is 6.07. The molecule has 0 aliphatic rings. The number of hydrogen-bond acceptors (Lipinski definition) is 5. The van der Waals surface area contributed by atoms with Crippen molar-refractivity contribution in [1.82, 2.24) is 20.3 Å². The minimum atomic E-state index is -4.34. The molecule has 148 valence electrons. The third-order valence-corrected chi connectivity index (χ3v) is 3.89. The van der Waals surface area contributed by atoms with Crippen molar-refractivity contribution in [1.29, 1.82) is 0 Å². The molecule has 2 aromatic heterocycles. The summed E-state index contributed by atoms with van der Waals surface area (Å²) < 4.78 is 50.0. The van der Waals surface area contributed by atoms with Gasteiger partial charge in [-0.2, -0.15) is 13.2 Å². The molecule has 0 bridgehead atoms. The number of H-pyrrole nitrogens is 1. The Hall–Kier alpha value is -2.92. The summed E-state index contributed by atoms with van der Waals surface area (Å²) in [4.78, 5) is 11.0. The number of imidazole rings is 1. The van der Waals surface area contributed by atoms with E-state index < -0.39 is 18.5 Å². The van der Waals surface area contributed by atoms with E-state index in [-0.39, 0.29) is 28.9 Å². The number of nitrogens with one attached hydrogen (secondary N) is 3. The van der Waals surface area contributed by atoms with E-state index in [1.807, 2.05) is 0 Å². The highest BCUT2D eigenvalue weighted by Crippen LogP contribution is 2.22. The molecule has 0 spiro atoms. The molecule has 0 atom stereocenters. The zero-order chi connectivity index (χ0) is 20.3. The van der Waals surface area contributed by atoms with Crippen LogP contribution in [0.15, 0.2) is 35.6 Å². The Morgan fingerprint density at radius 3 is 2.75 bits per heavy atom. The Balaban J connectivity index is 1.85. The molecule has 1 aromatic carbocycles. The molecule has 0 aliphatic heterocycles. The minimum Gasteiger partial charge on any atom is -0.409 e. The van der Waals surface area contributed by atoms with Gasteiger partial charge in [-0.25, -0.2) is 14.4 Å². The Labute approximate surface area is 160 Å². The molecule has 0 unspecified atom stereocenters. The molecule has 3 rings (SSSR count). The van der Waals surface area contributed by atoms with Crippen molar-refractivity contribution >= 4 is 34.3 Å². The third kappa shape index (κ3) is 4.67. The van der Waals surface area contributed by atoms with Crippen LogP contribution < -0.4 is 10.6 Å². The second-order valence-electron chi connectivity index (χ2n) is 5.66. The van der Waals surface area contributed by atoms with E-state index in [1.54, 1.807) is 0 Å². The monoisotopic (exact) mass is 416 g/mol. The van der Waals surface area contributed by atoms with Crippen LogP contribution in [0.25, 0.3) is 11.2 Å². The number of fused-ring (bicyclic) bond motifs is 1. The quantitative estimate of drug-likeness (QED) is 0.167. The number of aromatic nitrogens is 3. The van der Waals surface area contributed by atoms with Crippen molar-refractivity contribution < 1.29 is 22.8 Å². The van der Waals surface area contributed by atoms with Crippen molar-refractivity contribution in [2.75, 3.05) is 11.9 Å². The lowest BCUT2D eigenvalue weighted by Gasteiger charge is -2.09. The lowest BCUT2D eigenvalue weighted by atomic mass is 10.2. The maximum atomic E-state index is 13.3. The Bertz CT molecular complexity index is 1020. The highest BCUT2D eigenvalue weighted by atomic mass is 35.5. The molecular formula is C16H13ClF4N6O. The van der Waals surface area contributed by atoms with E-state index >= 15 is 0 Å². The Kier molecular flexibility index (Phi) is 5.66. The lowest BCUT2D eigenvalue weighted by Crippen LogP contribution is -2.28.